The predicted octanol–water partition coefficient (Wildman–Crippen LogP) is 5.25. The Balaban J connectivity index is 1.53. The molecule has 5 rings (SSSR count). The molecule has 1 unspecified atom stereocenters. The molecular formula is C25H21F2N3O2S. The second-order valence-electron chi connectivity index (χ2n) is 8.12. The topological polar surface area (TPSA) is 52.7 Å². The number of nitrogens with one attached hydrogen (secondary N) is 1. The minimum absolute atomic E-state index is 0.218. The number of fused-ring (bicyclic) bond motifs is 2. The van der Waals surface area contributed by atoms with E-state index in [1.165, 1.54) is 47.0 Å². The minimum Gasteiger partial charge on any atom is -0.308 e. The summed E-state index contributed by atoms with van der Waals surface area (Å²) in [6.45, 7) is 2.57. The molecule has 0 aromatic heterocycles. The standard InChI is InChI=1S/C25H21F2N3O2S/c1-16-5-10-22-21(13-16)25(23(31)29(22)15-17-6-8-18(26)9-7-17)30(11-12-33-25)24(32)28-20-4-2-3-19(27)14-20/h2-10,13-14H,11-12,15H2,1H3,(H,28,32). The van der Waals surface area contributed by atoms with Crippen LogP contribution in [0.1, 0.15) is 16.7 Å². The molecule has 8 heteroatoms. The van der Waals surface area contributed by atoms with E-state index in [1.54, 1.807) is 23.1 Å². The number of thioether (sulfide) groups is 1. The number of carbonyl (C=O) groups is 2. The van der Waals surface area contributed by atoms with Gasteiger partial charge in [0.15, 0.2) is 4.87 Å². The number of anilines is 2. The van der Waals surface area contributed by atoms with Gasteiger partial charge >= 0.3 is 6.03 Å². The summed E-state index contributed by atoms with van der Waals surface area (Å²) in [7, 11) is 0. The summed E-state index contributed by atoms with van der Waals surface area (Å²) < 4.78 is 27.0. The predicted molar refractivity (Wildman–Crippen MR) is 125 cm³/mol. The highest BCUT2D eigenvalue weighted by Crippen LogP contribution is 2.54. The van der Waals surface area contributed by atoms with Crippen LogP contribution in [0.15, 0.2) is 66.7 Å². The quantitative estimate of drug-likeness (QED) is 0.575. The molecule has 1 fully saturated rings. The first kappa shape index (κ1) is 21.5. The molecule has 2 aliphatic heterocycles. The molecule has 1 atom stereocenters. The maximum Gasteiger partial charge on any atom is 0.323 e. The van der Waals surface area contributed by atoms with Gasteiger partial charge in [0.05, 0.1) is 12.2 Å². The first-order chi connectivity index (χ1) is 15.9. The fraction of sp³-hybridized carbons (Fsp3) is 0.200. The molecule has 0 bridgehead atoms. The third-order valence-corrected chi connectivity index (χ3v) is 7.34. The first-order valence-corrected chi connectivity index (χ1v) is 11.5. The molecular weight excluding hydrogens is 444 g/mol. The van der Waals surface area contributed by atoms with Crippen molar-refractivity contribution in [3.63, 3.8) is 0 Å². The molecule has 33 heavy (non-hydrogen) atoms. The van der Waals surface area contributed by atoms with E-state index in [0.29, 0.717) is 18.0 Å². The Labute approximate surface area is 194 Å². The molecule has 1 saturated heterocycles. The van der Waals surface area contributed by atoms with E-state index in [1.807, 2.05) is 25.1 Å². The molecule has 3 amide bonds. The zero-order valence-electron chi connectivity index (χ0n) is 17.8. The molecule has 3 aromatic carbocycles. The van der Waals surface area contributed by atoms with Crippen LogP contribution in [-0.2, 0) is 16.2 Å². The maximum atomic E-state index is 13.9. The summed E-state index contributed by atoms with van der Waals surface area (Å²) in [6, 6.07) is 17.0. The Morgan fingerprint density at radius 3 is 2.61 bits per heavy atom. The van der Waals surface area contributed by atoms with Crippen molar-refractivity contribution in [2.75, 3.05) is 22.5 Å². The number of benzene rings is 3. The van der Waals surface area contributed by atoms with Crippen molar-refractivity contribution in [1.82, 2.24) is 4.90 Å². The largest absolute Gasteiger partial charge is 0.323 e. The van der Waals surface area contributed by atoms with Gasteiger partial charge in [-0.05, 0) is 48.9 Å². The van der Waals surface area contributed by atoms with E-state index in [0.717, 1.165) is 22.4 Å². The van der Waals surface area contributed by atoms with Gasteiger partial charge in [-0.3, -0.25) is 9.69 Å². The van der Waals surface area contributed by atoms with Crippen LogP contribution in [0.4, 0.5) is 25.0 Å². The van der Waals surface area contributed by atoms with Gasteiger partial charge in [-0.15, -0.1) is 11.8 Å². The molecule has 0 radical (unpaired) electrons. The number of halogens is 2. The van der Waals surface area contributed by atoms with E-state index < -0.39 is 16.7 Å². The Hall–Kier alpha value is -3.39. The normalized spacial score (nSPS) is 19.3. The molecule has 1 N–H and O–H groups in total. The van der Waals surface area contributed by atoms with E-state index in [4.69, 9.17) is 0 Å². The van der Waals surface area contributed by atoms with E-state index in [-0.39, 0.29) is 18.3 Å². The SMILES string of the molecule is Cc1ccc2c(c1)C1(SCCN1C(=O)Nc1cccc(F)c1)C(=O)N2Cc1ccc(F)cc1. The van der Waals surface area contributed by atoms with E-state index in [9.17, 15) is 18.4 Å². The van der Waals surface area contributed by atoms with Crippen LogP contribution in [0, 0.1) is 18.6 Å². The van der Waals surface area contributed by atoms with Crippen molar-refractivity contribution in [3.8, 4) is 0 Å². The summed E-state index contributed by atoms with van der Waals surface area (Å²) in [4.78, 5) is 29.2. The summed E-state index contributed by atoms with van der Waals surface area (Å²) in [5, 5.41) is 2.73. The second-order valence-corrected chi connectivity index (χ2v) is 9.41. The molecule has 2 heterocycles. The summed E-state index contributed by atoms with van der Waals surface area (Å²) in [5.74, 6) is -0.434. The second kappa shape index (κ2) is 8.19. The highest BCUT2D eigenvalue weighted by molar-refractivity contribution is 8.01. The fourth-order valence-corrected chi connectivity index (χ4v) is 5.87. The van der Waals surface area contributed by atoms with Gasteiger partial charge in [-0.1, -0.05) is 35.9 Å². The third-order valence-electron chi connectivity index (χ3n) is 5.92. The van der Waals surface area contributed by atoms with Crippen LogP contribution in [0.3, 0.4) is 0 Å². The lowest BCUT2D eigenvalue weighted by Gasteiger charge is -2.33. The fourth-order valence-electron chi connectivity index (χ4n) is 4.42. The molecule has 0 saturated carbocycles. The van der Waals surface area contributed by atoms with Crippen molar-refractivity contribution >= 4 is 35.1 Å². The summed E-state index contributed by atoms with van der Waals surface area (Å²) in [6.07, 6.45) is 0. The van der Waals surface area contributed by atoms with Crippen LogP contribution in [0.5, 0.6) is 0 Å². The molecule has 1 spiro atoms. The number of hydrogen-bond donors (Lipinski definition) is 1. The lowest BCUT2D eigenvalue weighted by Crippen LogP contribution is -2.51. The average Bonchev–Trinajstić information content (AvgIpc) is 3.32. The van der Waals surface area contributed by atoms with Crippen LogP contribution in [0.25, 0.3) is 0 Å². The smallest absolute Gasteiger partial charge is 0.308 e. The van der Waals surface area contributed by atoms with Crippen molar-refractivity contribution in [1.29, 1.82) is 0 Å². The molecule has 5 nitrogen and oxygen atoms in total. The minimum atomic E-state index is -1.21. The zero-order chi connectivity index (χ0) is 23.2. The van der Waals surface area contributed by atoms with Crippen LogP contribution in [0.2, 0.25) is 0 Å². The van der Waals surface area contributed by atoms with Gasteiger partial charge in [-0.2, -0.15) is 0 Å². The zero-order valence-corrected chi connectivity index (χ0v) is 18.7. The van der Waals surface area contributed by atoms with Crippen molar-refractivity contribution in [2.24, 2.45) is 0 Å². The number of urea groups is 1. The van der Waals surface area contributed by atoms with Gasteiger partial charge in [0.25, 0.3) is 5.91 Å². The highest BCUT2D eigenvalue weighted by atomic mass is 32.2. The molecule has 2 aliphatic rings. The number of amides is 3. The number of carbonyl (C=O) groups excluding carboxylic acids is 2. The van der Waals surface area contributed by atoms with Gasteiger partial charge in [0, 0.05) is 23.5 Å². The van der Waals surface area contributed by atoms with E-state index >= 15 is 0 Å². The summed E-state index contributed by atoms with van der Waals surface area (Å²) >= 11 is 1.42. The summed E-state index contributed by atoms with van der Waals surface area (Å²) in [5.41, 5.74) is 3.57. The van der Waals surface area contributed by atoms with Gasteiger partial charge in [0.1, 0.15) is 11.6 Å². The number of nitrogens with zero attached hydrogens (tertiary/aromatic N) is 2. The number of hydrogen-bond acceptors (Lipinski definition) is 3. The van der Waals surface area contributed by atoms with E-state index in [2.05, 4.69) is 5.32 Å². The van der Waals surface area contributed by atoms with Crippen LogP contribution in [-0.4, -0.2) is 29.1 Å². The molecule has 168 valence electrons. The Morgan fingerprint density at radius 1 is 1.06 bits per heavy atom. The van der Waals surface area contributed by atoms with Gasteiger partial charge < -0.3 is 10.2 Å². The number of aryl methyl sites for hydroxylation is 1. The monoisotopic (exact) mass is 465 g/mol. The van der Waals surface area contributed by atoms with Crippen LogP contribution < -0.4 is 10.2 Å². The van der Waals surface area contributed by atoms with Crippen molar-refractivity contribution < 1.29 is 18.4 Å². The van der Waals surface area contributed by atoms with Crippen molar-refractivity contribution in [2.45, 2.75) is 18.3 Å². The lowest BCUT2D eigenvalue weighted by atomic mass is 10.0. The first-order valence-electron chi connectivity index (χ1n) is 10.5. The number of rotatable bonds is 3. The van der Waals surface area contributed by atoms with Gasteiger partial charge in [-0.25, -0.2) is 13.6 Å². The maximum absolute atomic E-state index is 13.9. The highest BCUT2D eigenvalue weighted by Gasteiger charge is 2.59. The Kier molecular flexibility index (Phi) is 5.32. The molecule has 3 aromatic rings. The third kappa shape index (κ3) is 3.64. The Bertz CT molecular complexity index is 1250. The lowest BCUT2D eigenvalue weighted by molar-refractivity contribution is -0.123. The Morgan fingerprint density at radius 2 is 1.85 bits per heavy atom. The van der Waals surface area contributed by atoms with Crippen LogP contribution >= 0.6 is 11.8 Å². The van der Waals surface area contributed by atoms with Crippen molar-refractivity contribution in [3.05, 3.63) is 95.1 Å². The molecule has 0 aliphatic carbocycles. The van der Waals surface area contributed by atoms with Gasteiger partial charge in [0.2, 0.25) is 0 Å². The average molecular weight is 466 g/mol.